The molecule has 7 nitrogen and oxygen atoms in total. The van der Waals surface area contributed by atoms with Gasteiger partial charge in [0.1, 0.15) is 0 Å². The van der Waals surface area contributed by atoms with Gasteiger partial charge in [-0.05, 0) is 25.2 Å². The molecule has 0 unspecified atom stereocenters. The number of nitrogen functional groups attached to an aromatic ring is 2. The highest BCUT2D eigenvalue weighted by Gasteiger charge is 2.10. The summed E-state index contributed by atoms with van der Waals surface area (Å²) in [5, 5.41) is 2.47. The average Bonchev–Trinajstić information content (AvgIpc) is 2.27. The molecular weight excluding hydrogens is 256 g/mol. The topological polar surface area (TPSA) is 127 Å². The van der Waals surface area contributed by atoms with E-state index in [1.165, 1.54) is 25.2 Å². The highest BCUT2D eigenvalue weighted by molar-refractivity contribution is 7.89. The summed E-state index contributed by atoms with van der Waals surface area (Å²) >= 11 is 0. The summed E-state index contributed by atoms with van der Waals surface area (Å²) in [6.45, 7) is 0.0106. The number of amides is 1. The lowest BCUT2D eigenvalue weighted by Crippen LogP contribution is -2.33. The van der Waals surface area contributed by atoms with E-state index in [4.69, 9.17) is 11.5 Å². The molecule has 1 amide bonds. The van der Waals surface area contributed by atoms with Crippen molar-refractivity contribution < 1.29 is 13.2 Å². The van der Waals surface area contributed by atoms with Crippen LogP contribution in [0.1, 0.15) is 10.4 Å². The Balaban J connectivity index is 2.61. The van der Waals surface area contributed by atoms with Crippen LogP contribution in [-0.2, 0) is 10.0 Å². The summed E-state index contributed by atoms with van der Waals surface area (Å²) in [5.74, 6) is -0.604. The zero-order chi connectivity index (χ0) is 13.8. The van der Waals surface area contributed by atoms with Gasteiger partial charge in [0.25, 0.3) is 5.91 Å². The minimum absolute atomic E-state index is 0.0106. The van der Waals surface area contributed by atoms with Crippen molar-refractivity contribution in [3.63, 3.8) is 0 Å². The molecule has 8 heteroatoms. The molecule has 0 aliphatic rings. The molecule has 0 aliphatic carbocycles. The fourth-order valence-electron chi connectivity index (χ4n) is 1.31. The first-order chi connectivity index (χ1) is 8.34. The molecule has 0 fully saturated rings. The van der Waals surface area contributed by atoms with Crippen LogP contribution in [0.3, 0.4) is 0 Å². The predicted molar refractivity (Wildman–Crippen MR) is 70.4 cm³/mol. The molecule has 0 atom stereocenters. The number of anilines is 2. The van der Waals surface area contributed by atoms with E-state index in [-0.39, 0.29) is 12.3 Å². The van der Waals surface area contributed by atoms with Crippen LogP contribution in [0.25, 0.3) is 0 Å². The van der Waals surface area contributed by atoms with Crippen molar-refractivity contribution in [3.05, 3.63) is 23.8 Å². The van der Waals surface area contributed by atoms with E-state index < -0.39 is 15.9 Å². The van der Waals surface area contributed by atoms with Gasteiger partial charge in [-0.3, -0.25) is 4.79 Å². The number of sulfonamides is 1. The fraction of sp³-hybridized carbons (Fsp3) is 0.300. The van der Waals surface area contributed by atoms with Gasteiger partial charge in [0.15, 0.2) is 0 Å². The normalized spacial score (nSPS) is 11.2. The Kier molecular flexibility index (Phi) is 4.51. The monoisotopic (exact) mass is 272 g/mol. The molecule has 18 heavy (non-hydrogen) atoms. The first-order valence-corrected chi connectivity index (χ1v) is 6.85. The molecule has 100 valence electrons. The van der Waals surface area contributed by atoms with Gasteiger partial charge < -0.3 is 16.8 Å². The summed E-state index contributed by atoms with van der Waals surface area (Å²) in [6.07, 6.45) is 0. The van der Waals surface area contributed by atoms with E-state index in [0.717, 1.165) is 0 Å². The number of hydrogen-bond acceptors (Lipinski definition) is 5. The van der Waals surface area contributed by atoms with Gasteiger partial charge in [0.05, 0.1) is 5.75 Å². The molecule has 0 radical (unpaired) electrons. The molecule has 0 aliphatic heterocycles. The van der Waals surface area contributed by atoms with Crippen molar-refractivity contribution >= 4 is 27.3 Å². The van der Waals surface area contributed by atoms with E-state index in [1.807, 2.05) is 0 Å². The molecule has 0 heterocycles. The lowest BCUT2D eigenvalue weighted by molar-refractivity contribution is 0.0956. The van der Waals surface area contributed by atoms with Gasteiger partial charge in [-0.2, -0.15) is 0 Å². The van der Waals surface area contributed by atoms with Crippen LogP contribution < -0.4 is 21.5 Å². The molecule has 1 aromatic carbocycles. The highest BCUT2D eigenvalue weighted by Crippen LogP contribution is 2.13. The van der Waals surface area contributed by atoms with E-state index in [9.17, 15) is 13.2 Å². The van der Waals surface area contributed by atoms with Gasteiger partial charge in [-0.1, -0.05) is 0 Å². The van der Waals surface area contributed by atoms with Crippen molar-refractivity contribution in [3.8, 4) is 0 Å². The molecule has 0 bridgehead atoms. The molecule has 0 aromatic heterocycles. The minimum Gasteiger partial charge on any atom is -0.399 e. The lowest BCUT2D eigenvalue weighted by atomic mass is 10.1. The van der Waals surface area contributed by atoms with E-state index >= 15 is 0 Å². The molecule has 0 saturated carbocycles. The van der Waals surface area contributed by atoms with Gasteiger partial charge >= 0.3 is 0 Å². The number of benzene rings is 1. The second-order valence-corrected chi connectivity index (χ2v) is 5.71. The first kappa shape index (κ1) is 14.3. The van der Waals surface area contributed by atoms with Crippen LogP contribution in [0.5, 0.6) is 0 Å². The molecule has 0 spiro atoms. The zero-order valence-corrected chi connectivity index (χ0v) is 10.8. The predicted octanol–water partition coefficient (Wildman–Crippen LogP) is -0.870. The second-order valence-electron chi connectivity index (χ2n) is 3.67. The Morgan fingerprint density at radius 2 is 1.78 bits per heavy atom. The maximum Gasteiger partial charge on any atom is 0.251 e. The fourth-order valence-corrected chi connectivity index (χ4v) is 1.89. The van der Waals surface area contributed by atoms with Crippen molar-refractivity contribution in [2.45, 2.75) is 0 Å². The highest BCUT2D eigenvalue weighted by atomic mass is 32.2. The Morgan fingerprint density at radius 1 is 1.22 bits per heavy atom. The van der Waals surface area contributed by atoms with Crippen LogP contribution in [0.15, 0.2) is 18.2 Å². The number of nitrogens with one attached hydrogen (secondary N) is 2. The summed E-state index contributed by atoms with van der Waals surface area (Å²) in [6, 6.07) is 4.47. The molecule has 6 N–H and O–H groups in total. The zero-order valence-electron chi connectivity index (χ0n) is 9.93. The van der Waals surface area contributed by atoms with E-state index in [0.29, 0.717) is 16.9 Å². The van der Waals surface area contributed by atoms with Crippen LogP contribution in [-0.4, -0.2) is 33.7 Å². The SMILES string of the molecule is CNS(=O)(=O)CCNC(=O)c1cc(N)cc(N)c1. The molecular formula is C10H16N4O3S. The Morgan fingerprint density at radius 3 is 2.28 bits per heavy atom. The largest absolute Gasteiger partial charge is 0.399 e. The third-order valence-electron chi connectivity index (χ3n) is 2.21. The number of hydrogen-bond donors (Lipinski definition) is 4. The van der Waals surface area contributed by atoms with Crippen LogP contribution >= 0.6 is 0 Å². The van der Waals surface area contributed by atoms with Crippen LogP contribution in [0.2, 0.25) is 0 Å². The standard InChI is InChI=1S/C10H16N4O3S/c1-13-18(16,17)3-2-14-10(15)7-4-8(11)6-9(12)5-7/h4-6,13H,2-3,11-12H2,1H3,(H,14,15). The average molecular weight is 272 g/mol. The van der Waals surface area contributed by atoms with Crippen molar-refractivity contribution in [2.24, 2.45) is 0 Å². The number of rotatable bonds is 5. The molecule has 1 aromatic rings. The third kappa shape index (κ3) is 4.22. The van der Waals surface area contributed by atoms with Crippen molar-refractivity contribution in [1.29, 1.82) is 0 Å². The summed E-state index contributed by atoms with van der Waals surface area (Å²) in [7, 11) is -2.01. The number of carbonyl (C=O) groups excluding carboxylic acids is 1. The Labute approximate surface area is 106 Å². The van der Waals surface area contributed by atoms with Gasteiger partial charge in [0, 0.05) is 23.5 Å². The van der Waals surface area contributed by atoms with Crippen molar-refractivity contribution in [2.75, 3.05) is 30.8 Å². The summed E-state index contributed by atoms with van der Waals surface area (Å²) in [4.78, 5) is 11.7. The van der Waals surface area contributed by atoms with Gasteiger partial charge in [0.2, 0.25) is 10.0 Å². The summed E-state index contributed by atoms with van der Waals surface area (Å²) in [5.41, 5.74) is 12.2. The second kappa shape index (κ2) is 5.69. The smallest absolute Gasteiger partial charge is 0.251 e. The Bertz CT molecular complexity index is 522. The van der Waals surface area contributed by atoms with Gasteiger partial charge in [-0.15, -0.1) is 0 Å². The minimum atomic E-state index is -3.33. The molecule has 0 saturated heterocycles. The van der Waals surface area contributed by atoms with Crippen LogP contribution in [0.4, 0.5) is 11.4 Å². The quantitative estimate of drug-likeness (QED) is 0.518. The first-order valence-electron chi connectivity index (χ1n) is 5.19. The number of nitrogens with two attached hydrogens (primary N) is 2. The van der Waals surface area contributed by atoms with Crippen molar-refractivity contribution in [1.82, 2.24) is 10.0 Å². The number of carbonyl (C=O) groups is 1. The Hall–Kier alpha value is -1.80. The van der Waals surface area contributed by atoms with E-state index in [1.54, 1.807) is 0 Å². The van der Waals surface area contributed by atoms with E-state index in [2.05, 4.69) is 10.0 Å². The van der Waals surface area contributed by atoms with Gasteiger partial charge in [-0.25, -0.2) is 13.1 Å². The molecule has 1 rings (SSSR count). The third-order valence-corrected chi connectivity index (χ3v) is 3.57. The maximum absolute atomic E-state index is 11.7. The summed E-state index contributed by atoms with van der Waals surface area (Å²) < 4.78 is 24.4. The van der Waals surface area contributed by atoms with Crippen LogP contribution in [0, 0.1) is 0 Å². The lowest BCUT2D eigenvalue weighted by Gasteiger charge is -2.07. The maximum atomic E-state index is 11.7.